The Bertz CT molecular complexity index is 756. The van der Waals surface area contributed by atoms with Crippen LogP contribution in [-0.2, 0) is 11.3 Å². The van der Waals surface area contributed by atoms with Crippen LogP contribution in [-0.4, -0.2) is 35.5 Å². The molecule has 0 fully saturated rings. The van der Waals surface area contributed by atoms with Gasteiger partial charge in [0.15, 0.2) is 0 Å². The zero-order chi connectivity index (χ0) is 18.4. The molecule has 0 atom stereocenters. The molecule has 0 saturated heterocycles. The summed E-state index contributed by atoms with van der Waals surface area (Å²) in [7, 11) is 1.62. The van der Waals surface area contributed by atoms with E-state index in [4.69, 9.17) is 14.3 Å². The number of aryl methyl sites for hydroxylation is 1. The number of ether oxygens (including phenoxy) is 1. The number of carboxylic acid groups (broad SMARTS) is 1. The minimum absolute atomic E-state index is 0.0966. The molecule has 0 saturated carbocycles. The summed E-state index contributed by atoms with van der Waals surface area (Å²) in [6.07, 6.45) is 0.745. The molecule has 1 N–H and O–H groups in total. The Hall–Kier alpha value is -2.83. The van der Waals surface area contributed by atoms with Gasteiger partial charge in [0.25, 0.3) is 0 Å². The van der Waals surface area contributed by atoms with Gasteiger partial charge in [-0.1, -0.05) is 6.07 Å². The monoisotopic (exact) mass is 349 g/mol. The van der Waals surface area contributed by atoms with Crippen molar-refractivity contribution in [2.45, 2.75) is 26.3 Å². The average molecular weight is 349 g/mol. The average Bonchev–Trinajstić information content (AvgIpc) is 2.92. The van der Waals surface area contributed by atoms with Crippen molar-refractivity contribution in [1.29, 1.82) is 0 Å². The first-order chi connectivity index (χ1) is 11.9. The summed E-state index contributed by atoms with van der Waals surface area (Å²) in [5, 5.41) is 9.00. The topological polar surface area (TPSA) is 80.0 Å². The summed E-state index contributed by atoms with van der Waals surface area (Å²) in [5.74, 6) is -0.394. The lowest BCUT2D eigenvalue weighted by molar-refractivity contribution is -0.130. The number of aromatic carboxylic acids is 1. The number of hydrogen-bond donors (Lipinski definition) is 1. The molecule has 0 aliphatic heterocycles. The van der Waals surface area contributed by atoms with Gasteiger partial charge in [-0.05, 0) is 31.5 Å². The minimum Gasteiger partial charge on any atom is -0.493 e. The Morgan fingerprint density at radius 2 is 2.08 bits per heavy atom. The van der Waals surface area contributed by atoms with Crippen LogP contribution in [0.3, 0.4) is 0 Å². The van der Waals surface area contributed by atoms with Crippen LogP contribution < -0.4 is 4.74 Å². The molecule has 1 amide bonds. The van der Waals surface area contributed by atoms with Crippen molar-refractivity contribution >= 4 is 11.9 Å². The van der Waals surface area contributed by atoms with E-state index >= 15 is 0 Å². The van der Waals surface area contributed by atoms with Crippen molar-refractivity contribution in [3.05, 3.63) is 53.2 Å². The molecule has 0 spiro atoms. The highest BCUT2D eigenvalue weighted by Crippen LogP contribution is 2.17. The number of halogens is 1. The molecule has 0 radical (unpaired) electrons. The van der Waals surface area contributed by atoms with Gasteiger partial charge in [-0.3, -0.25) is 4.79 Å². The first-order valence-electron chi connectivity index (χ1n) is 7.81. The predicted octanol–water partition coefficient (Wildman–Crippen LogP) is 3.24. The Morgan fingerprint density at radius 1 is 1.32 bits per heavy atom. The van der Waals surface area contributed by atoms with E-state index in [-0.39, 0.29) is 30.3 Å². The second-order valence-electron chi connectivity index (χ2n) is 5.65. The molecule has 0 unspecified atom stereocenters. The van der Waals surface area contributed by atoms with Crippen LogP contribution in [0.2, 0.25) is 0 Å². The van der Waals surface area contributed by atoms with Crippen LogP contribution >= 0.6 is 0 Å². The van der Waals surface area contributed by atoms with E-state index in [0.717, 1.165) is 0 Å². The summed E-state index contributed by atoms with van der Waals surface area (Å²) in [4.78, 5) is 24.5. The van der Waals surface area contributed by atoms with Crippen molar-refractivity contribution < 1.29 is 28.2 Å². The molecule has 2 aromatic rings. The second kappa shape index (κ2) is 8.32. The number of nitrogens with zero attached hydrogens (tertiary/aromatic N) is 1. The smallest absolute Gasteiger partial charge is 0.339 e. The van der Waals surface area contributed by atoms with E-state index < -0.39 is 5.97 Å². The fourth-order valence-electron chi connectivity index (χ4n) is 2.32. The molecule has 25 heavy (non-hydrogen) atoms. The van der Waals surface area contributed by atoms with Gasteiger partial charge in [-0.25, -0.2) is 9.18 Å². The lowest BCUT2D eigenvalue weighted by Crippen LogP contribution is -2.26. The highest BCUT2D eigenvalue weighted by atomic mass is 19.1. The first-order valence-corrected chi connectivity index (χ1v) is 7.81. The van der Waals surface area contributed by atoms with Gasteiger partial charge in [-0.15, -0.1) is 0 Å². The van der Waals surface area contributed by atoms with Crippen LogP contribution in [0.5, 0.6) is 5.75 Å². The summed E-state index contributed by atoms with van der Waals surface area (Å²) in [6.45, 7) is 2.06. The third-order valence-electron chi connectivity index (χ3n) is 3.62. The Morgan fingerprint density at radius 3 is 2.72 bits per heavy atom. The van der Waals surface area contributed by atoms with Crippen LogP contribution in [0.25, 0.3) is 0 Å². The summed E-state index contributed by atoms with van der Waals surface area (Å²) in [6, 6.07) is 7.25. The molecule has 2 rings (SSSR count). The molecule has 6 nitrogen and oxygen atoms in total. The van der Waals surface area contributed by atoms with Crippen LogP contribution in [0.4, 0.5) is 4.39 Å². The van der Waals surface area contributed by atoms with Gasteiger partial charge in [-0.2, -0.15) is 0 Å². The fraction of sp³-hybridized carbons (Fsp3) is 0.333. The molecule has 0 aliphatic carbocycles. The van der Waals surface area contributed by atoms with Crippen molar-refractivity contribution in [3.8, 4) is 5.75 Å². The standard InChI is InChI=1S/C18H20FNO5/c1-12-16(18(22)23)10-15(25-12)11-20(2)17(21)7-4-8-24-14-6-3-5-13(19)9-14/h3,5-6,9-10H,4,7-8,11H2,1-2H3,(H,22,23). The molecule has 134 valence electrons. The van der Waals surface area contributed by atoms with Gasteiger partial charge in [0.1, 0.15) is 28.7 Å². The Labute approximate surface area is 144 Å². The predicted molar refractivity (Wildman–Crippen MR) is 88.0 cm³/mol. The van der Waals surface area contributed by atoms with Gasteiger partial charge < -0.3 is 19.2 Å². The van der Waals surface area contributed by atoms with Crippen molar-refractivity contribution in [2.75, 3.05) is 13.7 Å². The van der Waals surface area contributed by atoms with Crippen molar-refractivity contribution in [2.24, 2.45) is 0 Å². The Balaban J connectivity index is 1.76. The third-order valence-corrected chi connectivity index (χ3v) is 3.62. The largest absolute Gasteiger partial charge is 0.493 e. The van der Waals surface area contributed by atoms with Crippen LogP contribution in [0, 0.1) is 12.7 Å². The molecule has 7 heteroatoms. The van der Waals surface area contributed by atoms with Crippen LogP contribution in [0.1, 0.15) is 34.7 Å². The summed E-state index contributed by atoms with van der Waals surface area (Å²) < 4.78 is 23.8. The maximum absolute atomic E-state index is 13.0. The summed E-state index contributed by atoms with van der Waals surface area (Å²) >= 11 is 0. The van der Waals surface area contributed by atoms with Gasteiger partial charge in [0.2, 0.25) is 5.91 Å². The number of carbonyl (C=O) groups excluding carboxylic acids is 1. The molecule has 0 aliphatic rings. The van der Waals surface area contributed by atoms with Gasteiger partial charge >= 0.3 is 5.97 Å². The number of benzene rings is 1. The molecule has 1 aromatic carbocycles. The third kappa shape index (κ3) is 5.34. The minimum atomic E-state index is -1.06. The van der Waals surface area contributed by atoms with E-state index in [0.29, 0.717) is 30.3 Å². The number of rotatable bonds is 8. The number of hydrogen-bond acceptors (Lipinski definition) is 4. The zero-order valence-corrected chi connectivity index (χ0v) is 14.1. The van der Waals surface area contributed by atoms with Gasteiger partial charge in [0.05, 0.1) is 13.2 Å². The number of furan rings is 1. The molecule has 0 bridgehead atoms. The highest BCUT2D eigenvalue weighted by Gasteiger charge is 2.16. The van der Waals surface area contributed by atoms with Gasteiger partial charge in [0, 0.05) is 19.5 Å². The lowest BCUT2D eigenvalue weighted by Gasteiger charge is -2.15. The Kier molecular flexibility index (Phi) is 6.16. The SMILES string of the molecule is Cc1oc(CN(C)C(=O)CCCOc2cccc(F)c2)cc1C(=O)O. The summed E-state index contributed by atoms with van der Waals surface area (Å²) in [5.41, 5.74) is 0.0966. The second-order valence-corrected chi connectivity index (χ2v) is 5.65. The quantitative estimate of drug-likeness (QED) is 0.740. The molecular formula is C18H20FNO5. The maximum atomic E-state index is 13.0. The molecular weight excluding hydrogens is 329 g/mol. The van der Waals surface area contributed by atoms with E-state index in [9.17, 15) is 14.0 Å². The number of amides is 1. The van der Waals surface area contributed by atoms with E-state index in [1.807, 2.05) is 0 Å². The zero-order valence-electron chi connectivity index (χ0n) is 14.1. The molecule has 1 aromatic heterocycles. The highest BCUT2D eigenvalue weighted by molar-refractivity contribution is 5.88. The number of carboxylic acids is 1. The van der Waals surface area contributed by atoms with E-state index in [2.05, 4.69) is 0 Å². The first kappa shape index (κ1) is 18.5. The maximum Gasteiger partial charge on any atom is 0.339 e. The fourth-order valence-corrected chi connectivity index (χ4v) is 2.32. The lowest BCUT2D eigenvalue weighted by atomic mass is 10.2. The van der Waals surface area contributed by atoms with Crippen molar-refractivity contribution in [1.82, 2.24) is 4.90 Å². The molecule has 1 heterocycles. The van der Waals surface area contributed by atoms with E-state index in [1.54, 1.807) is 26.1 Å². The van der Waals surface area contributed by atoms with E-state index in [1.165, 1.54) is 23.1 Å². The van der Waals surface area contributed by atoms with Crippen molar-refractivity contribution in [3.63, 3.8) is 0 Å². The van der Waals surface area contributed by atoms with Crippen LogP contribution in [0.15, 0.2) is 34.7 Å². The number of carbonyl (C=O) groups is 2. The normalized spacial score (nSPS) is 10.5.